The van der Waals surface area contributed by atoms with E-state index >= 15 is 0 Å². The molecule has 3 rings (SSSR count). The Labute approximate surface area is 183 Å². The molecule has 0 bridgehead atoms. The summed E-state index contributed by atoms with van der Waals surface area (Å²) in [6.45, 7) is 6.08. The third kappa shape index (κ3) is 7.41. The molecule has 3 nitrogen and oxygen atoms in total. The van der Waals surface area contributed by atoms with Crippen LogP contribution in [0.2, 0.25) is 0 Å². The fourth-order valence-corrected chi connectivity index (χ4v) is 6.40. The minimum absolute atomic E-state index is 0.221. The quantitative estimate of drug-likeness (QED) is 0.342. The van der Waals surface area contributed by atoms with Crippen LogP contribution in [-0.4, -0.2) is 58.5 Å². The Morgan fingerprint density at radius 1 is 1.21 bits per heavy atom. The van der Waals surface area contributed by atoms with Crippen molar-refractivity contribution >= 4 is 11.8 Å². The Hall–Kier alpha value is -0.290. The number of aliphatic hydroxyl groups excluding tert-OH is 2. The predicted molar refractivity (Wildman–Crippen MR) is 125 cm³/mol. The van der Waals surface area contributed by atoms with E-state index < -0.39 is 0 Å². The van der Waals surface area contributed by atoms with Gasteiger partial charge in [0.15, 0.2) is 0 Å². The Balaban J connectivity index is 1.34. The highest BCUT2D eigenvalue weighted by atomic mass is 32.2. The van der Waals surface area contributed by atoms with Crippen LogP contribution in [-0.2, 0) is 0 Å². The highest BCUT2D eigenvalue weighted by molar-refractivity contribution is 7.99. The van der Waals surface area contributed by atoms with Crippen molar-refractivity contribution < 1.29 is 10.2 Å². The number of likely N-dealkylation sites (tertiary alicyclic amines) is 1. The lowest BCUT2D eigenvalue weighted by Crippen LogP contribution is -2.30. The van der Waals surface area contributed by atoms with Gasteiger partial charge in [-0.25, -0.2) is 0 Å². The molecule has 1 aliphatic heterocycles. The summed E-state index contributed by atoms with van der Waals surface area (Å²) in [6, 6.07) is 0. The lowest BCUT2D eigenvalue weighted by molar-refractivity contribution is 0.140. The number of aliphatic hydroxyl groups is 2. The van der Waals surface area contributed by atoms with E-state index in [2.05, 4.69) is 35.7 Å². The van der Waals surface area contributed by atoms with Crippen molar-refractivity contribution in [2.45, 2.75) is 83.3 Å². The Morgan fingerprint density at radius 3 is 2.83 bits per heavy atom. The number of allylic oxidation sites excluding steroid dienone is 1. The van der Waals surface area contributed by atoms with E-state index in [-0.39, 0.29) is 18.1 Å². The Kier molecular flexibility index (Phi) is 10.1. The zero-order valence-corrected chi connectivity index (χ0v) is 19.3. The minimum Gasteiger partial charge on any atom is -0.392 e. The SMILES string of the molecule is CCCCC[C@H](O)C=C[C@@H]1[C@H]2CC(CSCCCN3CCCCC3)=C[C@H]2C[C@H]1O. The van der Waals surface area contributed by atoms with E-state index in [1.54, 1.807) is 5.57 Å². The van der Waals surface area contributed by atoms with E-state index in [9.17, 15) is 10.2 Å². The standard InChI is InChI=1S/C25H43NO2S/c1-2-3-5-9-22(27)10-11-23-24-17-20(16-21(24)18-25(23)28)19-29-15-8-14-26-12-6-4-7-13-26/h10-11,16,21-25,27-28H,2-9,12-15,17-19H2,1H3/t21-,22-,23+,24-,25+/m0/s1. The zero-order valence-electron chi connectivity index (χ0n) is 18.5. The van der Waals surface area contributed by atoms with Crippen LogP contribution in [0.3, 0.4) is 0 Å². The molecular weight excluding hydrogens is 378 g/mol. The molecular formula is C25H43NO2S. The number of thioether (sulfide) groups is 1. The highest BCUT2D eigenvalue weighted by Gasteiger charge is 2.43. The summed E-state index contributed by atoms with van der Waals surface area (Å²) in [5, 5.41) is 20.7. The van der Waals surface area contributed by atoms with Gasteiger partial charge in [-0.2, -0.15) is 11.8 Å². The molecule has 3 aliphatic rings. The number of fused-ring (bicyclic) bond motifs is 1. The number of rotatable bonds is 12. The second-order valence-corrected chi connectivity index (χ2v) is 10.6. The molecule has 29 heavy (non-hydrogen) atoms. The Morgan fingerprint density at radius 2 is 2.03 bits per heavy atom. The smallest absolute Gasteiger partial charge is 0.0721 e. The molecule has 0 amide bonds. The number of piperidine rings is 1. The normalized spacial score (nSPS) is 31.3. The van der Waals surface area contributed by atoms with Crippen LogP contribution in [0.4, 0.5) is 0 Å². The van der Waals surface area contributed by atoms with Gasteiger partial charge >= 0.3 is 0 Å². The summed E-state index contributed by atoms with van der Waals surface area (Å²) in [7, 11) is 0. The van der Waals surface area contributed by atoms with Gasteiger partial charge in [-0.1, -0.05) is 56.4 Å². The average Bonchev–Trinajstić information content (AvgIpc) is 3.23. The second kappa shape index (κ2) is 12.5. The molecule has 5 atom stereocenters. The van der Waals surface area contributed by atoms with E-state index in [4.69, 9.17) is 0 Å². The minimum atomic E-state index is -0.350. The van der Waals surface area contributed by atoms with E-state index in [0.29, 0.717) is 11.8 Å². The van der Waals surface area contributed by atoms with Crippen molar-refractivity contribution in [2.24, 2.45) is 17.8 Å². The number of hydrogen-bond donors (Lipinski definition) is 2. The molecule has 0 spiro atoms. The molecule has 1 saturated carbocycles. The van der Waals surface area contributed by atoms with Gasteiger partial charge < -0.3 is 15.1 Å². The van der Waals surface area contributed by atoms with Gasteiger partial charge in [-0.3, -0.25) is 0 Å². The Bertz CT molecular complexity index is 529. The first-order chi connectivity index (χ1) is 14.2. The summed E-state index contributed by atoms with van der Waals surface area (Å²) in [6.07, 6.45) is 17.8. The molecule has 166 valence electrons. The van der Waals surface area contributed by atoms with Crippen LogP contribution in [0.5, 0.6) is 0 Å². The summed E-state index contributed by atoms with van der Waals surface area (Å²) < 4.78 is 0. The van der Waals surface area contributed by atoms with Crippen molar-refractivity contribution in [3.8, 4) is 0 Å². The van der Waals surface area contributed by atoms with Gasteiger partial charge in [0, 0.05) is 11.7 Å². The monoisotopic (exact) mass is 421 g/mol. The molecule has 2 aliphatic carbocycles. The maximum absolute atomic E-state index is 10.5. The maximum atomic E-state index is 10.5. The third-order valence-electron chi connectivity index (χ3n) is 7.11. The van der Waals surface area contributed by atoms with Crippen molar-refractivity contribution in [1.29, 1.82) is 0 Å². The predicted octanol–water partition coefficient (Wildman–Crippen LogP) is 5.04. The van der Waals surface area contributed by atoms with Crippen LogP contribution >= 0.6 is 11.8 Å². The van der Waals surface area contributed by atoms with Gasteiger partial charge in [0.1, 0.15) is 0 Å². The van der Waals surface area contributed by atoms with Crippen LogP contribution < -0.4 is 0 Å². The largest absolute Gasteiger partial charge is 0.392 e. The van der Waals surface area contributed by atoms with Crippen LogP contribution in [0.1, 0.15) is 71.1 Å². The first kappa shape index (κ1) is 23.4. The molecule has 0 aromatic rings. The van der Waals surface area contributed by atoms with E-state index in [1.807, 2.05) is 6.08 Å². The first-order valence-corrected chi connectivity index (χ1v) is 13.4. The average molecular weight is 422 g/mol. The number of unbranched alkanes of at least 4 members (excludes halogenated alkanes) is 2. The van der Waals surface area contributed by atoms with Gasteiger partial charge in [-0.15, -0.1) is 0 Å². The van der Waals surface area contributed by atoms with Crippen molar-refractivity contribution in [1.82, 2.24) is 4.90 Å². The summed E-state index contributed by atoms with van der Waals surface area (Å²) >= 11 is 2.09. The molecule has 1 heterocycles. The fraction of sp³-hybridized carbons (Fsp3) is 0.840. The third-order valence-corrected chi connectivity index (χ3v) is 8.26. The lowest BCUT2D eigenvalue weighted by atomic mass is 9.89. The van der Waals surface area contributed by atoms with Gasteiger partial charge in [-0.05, 0) is 75.7 Å². The maximum Gasteiger partial charge on any atom is 0.0721 e. The summed E-state index contributed by atoms with van der Waals surface area (Å²) in [5.41, 5.74) is 1.59. The molecule has 0 aromatic heterocycles. The highest BCUT2D eigenvalue weighted by Crippen LogP contribution is 2.47. The molecule has 0 aromatic carbocycles. The van der Waals surface area contributed by atoms with Crippen molar-refractivity contribution in [3.63, 3.8) is 0 Å². The topological polar surface area (TPSA) is 43.7 Å². The second-order valence-electron chi connectivity index (χ2n) is 9.49. The van der Waals surface area contributed by atoms with Crippen LogP contribution in [0.25, 0.3) is 0 Å². The fourth-order valence-electron chi connectivity index (χ4n) is 5.44. The van der Waals surface area contributed by atoms with E-state index in [1.165, 1.54) is 69.7 Å². The first-order valence-electron chi connectivity index (χ1n) is 12.2. The molecule has 1 saturated heterocycles. The summed E-state index contributed by atoms with van der Waals surface area (Å²) in [5.74, 6) is 3.74. The van der Waals surface area contributed by atoms with Crippen LogP contribution in [0.15, 0.2) is 23.8 Å². The van der Waals surface area contributed by atoms with Gasteiger partial charge in [0.05, 0.1) is 12.2 Å². The summed E-state index contributed by atoms with van der Waals surface area (Å²) in [4.78, 5) is 2.64. The van der Waals surface area contributed by atoms with Crippen molar-refractivity contribution in [3.05, 3.63) is 23.8 Å². The number of hydrogen-bond acceptors (Lipinski definition) is 4. The molecule has 0 unspecified atom stereocenters. The van der Waals surface area contributed by atoms with Gasteiger partial charge in [0.2, 0.25) is 0 Å². The lowest BCUT2D eigenvalue weighted by Gasteiger charge is -2.26. The number of nitrogens with zero attached hydrogens (tertiary/aromatic N) is 1. The zero-order chi connectivity index (χ0) is 20.5. The van der Waals surface area contributed by atoms with Crippen molar-refractivity contribution in [2.75, 3.05) is 31.1 Å². The van der Waals surface area contributed by atoms with Gasteiger partial charge in [0.25, 0.3) is 0 Å². The van der Waals surface area contributed by atoms with E-state index in [0.717, 1.165) is 25.7 Å². The molecule has 4 heteroatoms. The molecule has 0 radical (unpaired) electrons. The molecule has 2 fully saturated rings. The molecule has 2 N–H and O–H groups in total. The van der Waals surface area contributed by atoms with Crippen LogP contribution in [0, 0.1) is 17.8 Å².